The Morgan fingerprint density at radius 2 is 1.87 bits per heavy atom. The zero-order valence-electron chi connectivity index (χ0n) is 17.3. The van der Waals surface area contributed by atoms with Crippen LogP contribution in [-0.4, -0.2) is 35.3 Å². The Labute approximate surface area is 180 Å². The quantitative estimate of drug-likeness (QED) is 0.492. The second kappa shape index (κ2) is 10.7. The van der Waals surface area contributed by atoms with Gasteiger partial charge < -0.3 is 20.9 Å². The maximum atomic E-state index is 13.9. The molecule has 7 heteroatoms. The first kappa shape index (κ1) is 22.4. The van der Waals surface area contributed by atoms with Crippen LogP contribution in [0.3, 0.4) is 0 Å². The van der Waals surface area contributed by atoms with Crippen LogP contribution >= 0.6 is 0 Å². The third-order valence-corrected chi connectivity index (χ3v) is 5.06. The average Bonchev–Trinajstić information content (AvgIpc) is 2.79. The van der Waals surface area contributed by atoms with Gasteiger partial charge in [-0.1, -0.05) is 30.3 Å². The standard InChI is InChI=1S/C24H26FN3O3/c1-31-18-10-8-16(9-11-18)15-28-24(30)19-6-4-12-27-22(19)14-23(29)21(26)13-17-5-2-3-7-20(17)25/h2-12,21,23,29H,13-15,26H2,1H3,(H,28,30). The number of nitrogens with two attached hydrogens (primary N) is 1. The predicted molar refractivity (Wildman–Crippen MR) is 116 cm³/mol. The summed E-state index contributed by atoms with van der Waals surface area (Å²) < 4.78 is 19.0. The van der Waals surface area contributed by atoms with E-state index in [9.17, 15) is 14.3 Å². The number of halogens is 1. The summed E-state index contributed by atoms with van der Waals surface area (Å²) in [7, 11) is 1.59. The fourth-order valence-corrected chi connectivity index (χ4v) is 3.23. The third kappa shape index (κ3) is 6.10. The van der Waals surface area contributed by atoms with Crippen molar-refractivity contribution in [3.8, 4) is 5.75 Å². The molecule has 0 bridgehead atoms. The number of benzene rings is 2. The number of carbonyl (C=O) groups excluding carboxylic acids is 1. The maximum Gasteiger partial charge on any atom is 0.253 e. The molecule has 0 radical (unpaired) electrons. The Balaban J connectivity index is 1.63. The summed E-state index contributed by atoms with van der Waals surface area (Å²) in [5, 5.41) is 13.4. The zero-order valence-corrected chi connectivity index (χ0v) is 17.3. The molecule has 31 heavy (non-hydrogen) atoms. The van der Waals surface area contributed by atoms with Crippen LogP contribution in [0.1, 0.15) is 27.2 Å². The smallest absolute Gasteiger partial charge is 0.253 e. The van der Waals surface area contributed by atoms with E-state index in [-0.39, 0.29) is 24.6 Å². The molecule has 162 valence electrons. The molecule has 0 aliphatic heterocycles. The number of pyridine rings is 1. The number of aliphatic hydroxyl groups is 1. The molecular formula is C24H26FN3O3. The fourth-order valence-electron chi connectivity index (χ4n) is 3.23. The highest BCUT2D eigenvalue weighted by Crippen LogP contribution is 2.15. The molecule has 1 amide bonds. The van der Waals surface area contributed by atoms with Crippen molar-refractivity contribution in [3.05, 3.63) is 95.1 Å². The maximum absolute atomic E-state index is 13.9. The van der Waals surface area contributed by atoms with Crippen molar-refractivity contribution in [2.24, 2.45) is 5.73 Å². The predicted octanol–water partition coefficient (Wildman–Crippen LogP) is 2.63. The van der Waals surface area contributed by atoms with Crippen molar-refractivity contribution >= 4 is 5.91 Å². The second-order valence-electron chi connectivity index (χ2n) is 7.26. The lowest BCUT2D eigenvalue weighted by atomic mass is 9.97. The average molecular weight is 423 g/mol. The van der Waals surface area contributed by atoms with E-state index in [1.807, 2.05) is 24.3 Å². The van der Waals surface area contributed by atoms with Gasteiger partial charge in [0.1, 0.15) is 11.6 Å². The van der Waals surface area contributed by atoms with Crippen LogP contribution in [0.4, 0.5) is 4.39 Å². The lowest BCUT2D eigenvalue weighted by Gasteiger charge is -2.20. The number of hydrogen-bond acceptors (Lipinski definition) is 5. The number of rotatable bonds is 9. The molecule has 0 aliphatic rings. The van der Waals surface area contributed by atoms with Crippen molar-refractivity contribution in [2.45, 2.75) is 31.5 Å². The molecule has 2 atom stereocenters. The molecule has 2 aromatic carbocycles. The summed E-state index contributed by atoms with van der Waals surface area (Å²) in [5.41, 5.74) is 8.26. The van der Waals surface area contributed by atoms with Crippen LogP contribution in [-0.2, 0) is 19.4 Å². The summed E-state index contributed by atoms with van der Waals surface area (Å²) in [6.45, 7) is 0.340. The van der Waals surface area contributed by atoms with E-state index in [1.165, 1.54) is 6.07 Å². The summed E-state index contributed by atoms with van der Waals surface area (Å²) in [6, 6.07) is 16.3. The number of hydrogen-bond donors (Lipinski definition) is 3. The second-order valence-corrected chi connectivity index (χ2v) is 7.26. The Morgan fingerprint density at radius 1 is 1.13 bits per heavy atom. The van der Waals surface area contributed by atoms with Crippen LogP contribution < -0.4 is 15.8 Å². The number of aromatic nitrogens is 1. The monoisotopic (exact) mass is 423 g/mol. The first-order valence-electron chi connectivity index (χ1n) is 10.00. The van der Waals surface area contributed by atoms with Crippen LogP contribution in [0.15, 0.2) is 66.9 Å². The molecule has 3 rings (SSSR count). The third-order valence-electron chi connectivity index (χ3n) is 5.06. The normalized spacial score (nSPS) is 12.8. The van der Waals surface area contributed by atoms with Crippen molar-refractivity contribution in [3.63, 3.8) is 0 Å². The largest absolute Gasteiger partial charge is 0.497 e. The topological polar surface area (TPSA) is 97.5 Å². The summed E-state index contributed by atoms with van der Waals surface area (Å²) in [4.78, 5) is 17.0. The van der Waals surface area contributed by atoms with Crippen molar-refractivity contribution < 1.29 is 19.0 Å². The van der Waals surface area contributed by atoms with E-state index in [4.69, 9.17) is 10.5 Å². The zero-order chi connectivity index (χ0) is 22.2. The van der Waals surface area contributed by atoms with E-state index >= 15 is 0 Å². The SMILES string of the molecule is COc1ccc(CNC(=O)c2cccnc2CC(O)C(N)Cc2ccccc2F)cc1. The number of nitrogens with one attached hydrogen (secondary N) is 1. The molecule has 1 aromatic heterocycles. The van der Waals surface area contributed by atoms with Gasteiger partial charge in [0.2, 0.25) is 0 Å². The van der Waals surface area contributed by atoms with Gasteiger partial charge in [0.25, 0.3) is 5.91 Å². The minimum atomic E-state index is -0.984. The van der Waals surface area contributed by atoms with Gasteiger partial charge in [0.05, 0.1) is 24.5 Å². The van der Waals surface area contributed by atoms with Gasteiger partial charge >= 0.3 is 0 Å². The highest BCUT2D eigenvalue weighted by Gasteiger charge is 2.21. The number of nitrogens with zero attached hydrogens (tertiary/aromatic N) is 1. The highest BCUT2D eigenvalue weighted by atomic mass is 19.1. The fraction of sp³-hybridized carbons (Fsp3) is 0.250. The number of ether oxygens (including phenoxy) is 1. The van der Waals surface area contributed by atoms with E-state index < -0.39 is 12.1 Å². The van der Waals surface area contributed by atoms with Crippen molar-refractivity contribution in [1.29, 1.82) is 0 Å². The van der Waals surface area contributed by atoms with E-state index in [0.29, 0.717) is 23.4 Å². The van der Waals surface area contributed by atoms with Gasteiger partial charge in [0, 0.05) is 25.2 Å². The van der Waals surface area contributed by atoms with Crippen LogP contribution in [0.2, 0.25) is 0 Å². The minimum absolute atomic E-state index is 0.0851. The number of amides is 1. The van der Waals surface area contributed by atoms with Crippen molar-refractivity contribution in [1.82, 2.24) is 10.3 Å². The van der Waals surface area contributed by atoms with E-state index in [1.54, 1.807) is 43.6 Å². The number of aliphatic hydroxyl groups excluding tert-OH is 1. The number of methoxy groups -OCH3 is 1. The molecule has 3 aromatic rings. The van der Waals surface area contributed by atoms with Gasteiger partial charge in [-0.2, -0.15) is 0 Å². The van der Waals surface area contributed by atoms with Gasteiger partial charge in [-0.05, 0) is 47.9 Å². The highest BCUT2D eigenvalue weighted by molar-refractivity contribution is 5.95. The lowest BCUT2D eigenvalue weighted by Crippen LogP contribution is -2.39. The molecule has 1 heterocycles. The molecular weight excluding hydrogens is 397 g/mol. The van der Waals surface area contributed by atoms with E-state index in [2.05, 4.69) is 10.3 Å². The first-order valence-corrected chi connectivity index (χ1v) is 10.00. The van der Waals surface area contributed by atoms with Crippen molar-refractivity contribution in [2.75, 3.05) is 7.11 Å². The Morgan fingerprint density at radius 3 is 2.58 bits per heavy atom. The summed E-state index contributed by atoms with van der Waals surface area (Å²) in [5.74, 6) is 0.0840. The minimum Gasteiger partial charge on any atom is -0.497 e. The lowest BCUT2D eigenvalue weighted by molar-refractivity contribution is 0.0947. The van der Waals surface area contributed by atoms with Crippen LogP contribution in [0.5, 0.6) is 5.75 Å². The molecule has 4 N–H and O–H groups in total. The van der Waals surface area contributed by atoms with Gasteiger partial charge in [-0.15, -0.1) is 0 Å². The Bertz CT molecular complexity index is 1010. The molecule has 0 aliphatic carbocycles. The van der Waals surface area contributed by atoms with Gasteiger partial charge in [-0.3, -0.25) is 9.78 Å². The molecule has 0 saturated heterocycles. The molecule has 6 nitrogen and oxygen atoms in total. The molecule has 0 saturated carbocycles. The summed E-state index contributed by atoms with van der Waals surface area (Å²) in [6.07, 6.45) is 0.842. The van der Waals surface area contributed by atoms with Crippen LogP contribution in [0.25, 0.3) is 0 Å². The van der Waals surface area contributed by atoms with Crippen LogP contribution in [0, 0.1) is 5.82 Å². The summed E-state index contributed by atoms with van der Waals surface area (Å²) >= 11 is 0. The molecule has 0 fully saturated rings. The number of carbonyl (C=O) groups is 1. The van der Waals surface area contributed by atoms with Gasteiger partial charge in [0.15, 0.2) is 0 Å². The van der Waals surface area contributed by atoms with E-state index in [0.717, 1.165) is 11.3 Å². The first-order chi connectivity index (χ1) is 15.0. The molecule has 0 spiro atoms. The Kier molecular flexibility index (Phi) is 7.70. The molecule has 2 unspecified atom stereocenters. The van der Waals surface area contributed by atoms with Gasteiger partial charge in [-0.25, -0.2) is 4.39 Å². The Hall–Kier alpha value is -3.29.